The summed E-state index contributed by atoms with van der Waals surface area (Å²) < 4.78 is 28.0. The first-order valence-electron chi connectivity index (χ1n) is 8.79. The van der Waals surface area contributed by atoms with Gasteiger partial charge in [0.15, 0.2) is 0 Å². The average Bonchev–Trinajstić information content (AvgIpc) is 2.71. The van der Waals surface area contributed by atoms with E-state index in [4.69, 9.17) is 31.4 Å². The Bertz CT molecular complexity index is 980. The molecular weight excluding hydrogens is 500 g/mol. The Kier molecular flexibility index (Phi) is 8.80. The molecule has 30 heavy (non-hydrogen) atoms. The van der Waals surface area contributed by atoms with Crippen molar-refractivity contribution in [3.8, 4) is 0 Å². The van der Waals surface area contributed by atoms with E-state index >= 15 is 0 Å². The van der Waals surface area contributed by atoms with E-state index in [1.807, 2.05) is 18.2 Å². The highest BCUT2D eigenvalue weighted by Gasteiger charge is 2.28. The number of sulfonamides is 1. The molecule has 0 bridgehead atoms. The fourth-order valence-corrected chi connectivity index (χ4v) is 4.71. The molecule has 2 aromatic carbocycles. The molecule has 1 fully saturated rings. The van der Waals surface area contributed by atoms with Gasteiger partial charge >= 0.3 is 11.9 Å². The van der Waals surface area contributed by atoms with Gasteiger partial charge in [-0.1, -0.05) is 45.7 Å². The van der Waals surface area contributed by atoms with Crippen molar-refractivity contribution in [2.45, 2.75) is 11.4 Å². The first-order chi connectivity index (χ1) is 14.1. The number of nitrogens with zero attached hydrogens (tertiary/aromatic N) is 2. The highest BCUT2D eigenvalue weighted by molar-refractivity contribution is 9.10. The number of carbonyl (C=O) groups is 2. The molecule has 0 amide bonds. The minimum atomic E-state index is -3.44. The molecule has 0 unspecified atom stereocenters. The Hall–Kier alpha value is -1.98. The van der Waals surface area contributed by atoms with Gasteiger partial charge in [-0.05, 0) is 35.9 Å². The highest BCUT2D eigenvalue weighted by Crippen LogP contribution is 2.22. The summed E-state index contributed by atoms with van der Waals surface area (Å²) in [5.41, 5.74) is 1.21. The number of benzene rings is 2. The van der Waals surface area contributed by atoms with Crippen LogP contribution in [-0.4, -0.2) is 66.0 Å². The number of hydrogen-bond acceptors (Lipinski definition) is 5. The SMILES string of the molecule is O=C(O)C(=O)O.O=S(=O)(c1ccc(Cl)cc1)N1CCN(Cc2ccccc2Br)CC1. The van der Waals surface area contributed by atoms with Gasteiger partial charge in [0.25, 0.3) is 0 Å². The number of rotatable bonds is 4. The second-order valence-electron chi connectivity index (χ2n) is 6.34. The van der Waals surface area contributed by atoms with Crippen LogP contribution in [0.2, 0.25) is 5.02 Å². The monoisotopic (exact) mass is 518 g/mol. The van der Waals surface area contributed by atoms with Crippen molar-refractivity contribution in [3.63, 3.8) is 0 Å². The lowest BCUT2D eigenvalue weighted by molar-refractivity contribution is -0.159. The van der Waals surface area contributed by atoms with Gasteiger partial charge in [0.05, 0.1) is 4.90 Å². The van der Waals surface area contributed by atoms with Gasteiger partial charge in [0.2, 0.25) is 10.0 Å². The van der Waals surface area contributed by atoms with E-state index in [0.29, 0.717) is 36.1 Å². The predicted octanol–water partition coefficient (Wildman–Crippen LogP) is 2.76. The minimum absolute atomic E-state index is 0.297. The fourth-order valence-electron chi connectivity index (χ4n) is 2.75. The fraction of sp³-hybridized carbons (Fsp3) is 0.263. The lowest BCUT2D eigenvalue weighted by atomic mass is 10.2. The van der Waals surface area contributed by atoms with Gasteiger partial charge in [-0.3, -0.25) is 4.90 Å². The van der Waals surface area contributed by atoms with Crippen LogP contribution in [0.5, 0.6) is 0 Å². The van der Waals surface area contributed by atoms with Gasteiger partial charge in [-0.15, -0.1) is 0 Å². The molecule has 3 rings (SSSR count). The smallest absolute Gasteiger partial charge is 0.414 e. The van der Waals surface area contributed by atoms with E-state index < -0.39 is 22.0 Å². The molecule has 11 heteroatoms. The van der Waals surface area contributed by atoms with Crippen LogP contribution in [0.1, 0.15) is 5.56 Å². The normalized spacial score (nSPS) is 15.1. The minimum Gasteiger partial charge on any atom is -0.473 e. The van der Waals surface area contributed by atoms with Crippen LogP contribution in [0.3, 0.4) is 0 Å². The second-order valence-corrected chi connectivity index (χ2v) is 9.56. The summed E-state index contributed by atoms with van der Waals surface area (Å²) in [6.07, 6.45) is 0. The predicted molar refractivity (Wildman–Crippen MR) is 115 cm³/mol. The quantitative estimate of drug-likeness (QED) is 0.597. The third-order valence-corrected chi connectivity index (χ3v) is 7.26. The zero-order chi connectivity index (χ0) is 22.3. The van der Waals surface area contributed by atoms with Crippen LogP contribution in [-0.2, 0) is 26.2 Å². The van der Waals surface area contributed by atoms with Crippen LogP contribution in [0, 0.1) is 0 Å². The molecule has 162 valence electrons. The first kappa shape index (κ1) is 24.3. The Morgan fingerprint density at radius 2 is 1.47 bits per heavy atom. The van der Waals surface area contributed by atoms with E-state index in [-0.39, 0.29) is 0 Å². The van der Waals surface area contributed by atoms with Crippen molar-refractivity contribution in [3.05, 3.63) is 63.6 Å². The molecule has 0 aliphatic carbocycles. The Morgan fingerprint density at radius 1 is 0.933 bits per heavy atom. The summed E-state index contributed by atoms with van der Waals surface area (Å²) in [7, 11) is -3.44. The molecule has 1 saturated heterocycles. The number of carboxylic acids is 2. The molecule has 0 spiro atoms. The third kappa shape index (κ3) is 6.78. The van der Waals surface area contributed by atoms with E-state index in [9.17, 15) is 8.42 Å². The molecule has 1 aliphatic heterocycles. The lowest BCUT2D eigenvalue weighted by Crippen LogP contribution is -2.48. The maximum absolute atomic E-state index is 12.7. The number of carboxylic acid groups (broad SMARTS) is 2. The van der Waals surface area contributed by atoms with Crippen LogP contribution in [0.4, 0.5) is 0 Å². The molecule has 8 nitrogen and oxygen atoms in total. The van der Waals surface area contributed by atoms with Gasteiger partial charge in [-0.2, -0.15) is 4.31 Å². The third-order valence-electron chi connectivity index (χ3n) is 4.32. The average molecular weight is 520 g/mol. The summed E-state index contributed by atoms with van der Waals surface area (Å²) in [4.78, 5) is 20.8. The summed E-state index contributed by atoms with van der Waals surface area (Å²) in [6, 6.07) is 14.5. The largest absolute Gasteiger partial charge is 0.473 e. The molecule has 0 radical (unpaired) electrons. The van der Waals surface area contributed by atoms with E-state index in [0.717, 1.165) is 11.0 Å². The number of aliphatic carboxylic acids is 2. The van der Waals surface area contributed by atoms with E-state index in [2.05, 4.69) is 26.9 Å². The van der Waals surface area contributed by atoms with Crippen molar-refractivity contribution >= 4 is 49.5 Å². The van der Waals surface area contributed by atoms with Crippen LogP contribution in [0.25, 0.3) is 0 Å². The molecule has 1 aliphatic rings. The number of piperazine rings is 1. The summed E-state index contributed by atoms with van der Waals surface area (Å²) in [5.74, 6) is -3.65. The summed E-state index contributed by atoms with van der Waals surface area (Å²) in [6.45, 7) is 3.24. The first-order valence-corrected chi connectivity index (χ1v) is 11.4. The molecule has 1 heterocycles. The Labute approximate surface area is 187 Å². The van der Waals surface area contributed by atoms with Crippen molar-refractivity contribution in [1.82, 2.24) is 9.21 Å². The van der Waals surface area contributed by atoms with Crippen molar-refractivity contribution in [1.29, 1.82) is 0 Å². The Morgan fingerprint density at radius 3 is 1.97 bits per heavy atom. The topological polar surface area (TPSA) is 115 Å². The number of halogens is 2. The van der Waals surface area contributed by atoms with Crippen molar-refractivity contribution in [2.24, 2.45) is 0 Å². The van der Waals surface area contributed by atoms with Gasteiger partial charge in [0.1, 0.15) is 0 Å². The van der Waals surface area contributed by atoms with Crippen LogP contribution >= 0.6 is 27.5 Å². The van der Waals surface area contributed by atoms with E-state index in [1.165, 1.54) is 5.56 Å². The summed E-state index contributed by atoms with van der Waals surface area (Å²) >= 11 is 9.40. The molecule has 2 N–H and O–H groups in total. The second kappa shape index (κ2) is 10.9. The van der Waals surface area contributed by atoms with Gasteiger partial charge < -0.3 is 10.2 Å². The maximum atomic E-state index is 12.7. The molecular formula is C19H20BrClN2O6S. The van der Waals surface area contributed by atoms with Crippen molar-refractivity contribution in [2.75, 3.05) is 26.2 Å². The molecule has 2 aromatic rings. The van der Waals surface area contributed by atoms with Gasteiger partial charge in [0, 0.05) is 42.2 Å². The highest BCUT2D eigenvalue weighted by atomic mass is 79.9. The molecule has 0 aromatic heterocycles. The zero-order valence-electron chi connectivity index (χ0n) is 15.7. The standard InChI is InChI=1S/C17H18BrClN2O2S.C2H2O4/c18-17-4-2-1-3-14(17)13-20-9-11-21(12-10-20)24(22,23)16-7-5-15(19)6-8-16;3-1(4)2(5)6/h1-8H,9-13H2;(H,3,4)(H,5,6). The van der Waals surface area contributed by atoms with Crippen molar-refractivity contribution < 1.29 is 28.2 Å². The van der Waals surface area contributed by atoms with E-state index in [1.54, 1.807) is 28.6 Å². The van der Waals surface area contributed by atoms with Crippen LogP contribution < -0.4 is 0 Å². The van der Waals surface area contributed by atoms with Crippen LogP contribution in [0.15, 0.2) is 57.9 Å². The lowest BCUT2D eigenvalue weighted by Gasteiger charge is -2.34. The summed E-state index contributed by atoms with van der Waals surface area (Å²) in [5, 5.41) is 15.3. The maximum Gasteiger partial charge on any atom is 0.414 e. The Balaban J connectivity index is 0.000000469. The number of hydrogen-bond donors (Lipinski definition) is 2. The zero-order valence-corrected chi connectivity index (χ0v) is 18.9. The molecule has 0 saturated carbocycles. The van der Waals surface area contributed by atoms with Gasteiger partial charge in [-0.25, -0.2) is 18.0 Å². The molecule has 0 atom stereocenters.